The van der Waals surface area contributed by atoms with Crippen molar-refractivity contribution >= 4 is 29.3 Å². The first-order valence-corrected chi connectivity index (χ1v) is 10.5. The van der Waals surface area contributed by atoms with Crippen LogP contribution >= 0.6 is 0 Å². The molecular formula is C27H26N2O2. The lowest BCUT2D eigenvalue weighted by molar-refractivity contribution is -0.127. The Morgan fingerprint density at radius 1 is 0.871 bits per heavy atom. The molecular weight excluding hydrogens is 384 g/mol. The van der Waals surface area contributed by atoms with E-state index in [4.69, 9.17) is 0 Å². The SMILES string of the molecule is CC(=Cc1ccccc1)[C@@H]1C(=O)N(c2cccc(C)c2C)CC(=O)N1c1ccccc1. The summed E-state index contributed by atoms with van der Waals surface area (Å²) in [6, 6.07) is 24.5. The van der Waals surface area contributed by atoms with E-state index in [-0.39, 0.29) is 18.4 Å². The first kappa shape index (κ1) is 20.6. The molecule has 4 nitrogen and oxygen atoms in total. The zero-order valence-corrected chi connectivity index (χ0v) is 18.1. The summed E-state index contributed by atoms with van der Waals surface area (Å²) < 4.78 is 0. The summed E-state index contributed by atoms with van der Waals surface area (Å²) in [4.78, 5) is 30.5. The van der Waals surface area contributed by atoms with Crippen LogP contribution in [0.5, 0.6) is 0 Å². The Hall–Kier alpha value is -3.66. The van der Waals surface area contributed by atoms with Crippen molar-refractivity contribution in [1.29, 1.82) is 0 Å². The zero-order valence-electron chi connectivity index (χ0n) is 18.1. The molecule has 0 unspecified atom stereocenters. The van der Waals surface area contributed by atoms with Crippen LogP contribution in [0, 0.1) is 13.8 Å². The fourth-order valence-corrected chi connectivity index (χ4v) is 4.09. The van der Waals surface area contributed by atoms with Crippen molar-refractivity contribution < 1.29 is 9.59 Å². The van der Waals surface area contributed by atoms with Gasteiger partial charge in [0, 0.05) is 11.4 Å². The Morgan fingerprint density at radius 3 is 2.19 bits per heavy atom. The molecule has 0 radical (unpaired) electrons. The van der Waals surface area contributed by atoms with Crippen LogP contribution in [0.3, 0.4) is 0 Å². The van der Waals surface area contributed by atoms with Crippen LogP contribution in [-0.4, -0.2) is 24.4 Å². The molecule has 0 spiro atoms. The first-order valence-electron chi connectivity index (χ1n) is 10.5. The molecule has 2 amide bonds. The largest absolute Gasteiger partial charge is 0.301 e. The van der Waals surface area contributed by atoms with E-state index in [1.165, 1.54) is 0 Å². The summed E-state index contributed by atoms with van der Waals surface area (Å²) >= 11 is 0. The highest BCUT2D eigenvalue weighted by Gasteiger charge is 2.42. The number of para-hydroxylation sites is 1. The summed E-state index contributed by atoms with van der Waals surface area (Å²) in [6.07, 6.45) is 1.98. The predicted octanol–water partition coefficient (Wildman–Crippen LogP) is 5.16. The van der Waals surface area contributed by atoms with Gasteiger partial charge < -0.3 is 4.90 Å². The number of benzene rings is 3. The van der Waals surface area contributed by atoms with E-state index in [1.54, 1.807) is 9.80 Å². The lowest BCUT2D eigenvalue weighted by atomic mass is 9.97. The summed E-state index contributed by atoms with van der Waals surface area (Å²) in [5.41, 5.74) is 5.45. The average Bonchev–Trinajstić information content (AvgIpc) is 2.78. The Bertz CT molecular complexity index is 1140. The number of amides is 2. The molecule has 1 saturated heterocycles. The maximum atomic E-state index is 13.8. The Morgan fingerprint density at radius 2 is 1.52 bits per heavy atom. The van der Waals surface area contributed by atoms with Crippen LogP contribution in [0.1, 0.15) is 23.6 Å². The molecule has 0 saturated carbocycles. The van der Waals surface area contributed by atoms with Crippen molar-refractivity contribution in [3.05, 3.63) is 101 Å². The molecule has 0 N–H and O–H groups in total. The number of anilines is 2. The summed E-state index contributed by atoms with van der Waals surface area (Å²) in [5, 5.41) is 0. The van der Waals surface area contributed by atoms with E-state index in [9.17, 15) is 9.59 Å². The molecule has 3 aromatic carbocycles. The normalized spacial score (nSPS) is 17.3. The number of aryl methyl sites for hydroxylation is 1. The van der Waals surface area contributed by atoms with Crippen LogP contribution in [0.15, 0.2) is 84.4 Å². The number of carbonyl (C=O) groups is 2. The molecule has 0 aromatic heterocycles. The maximum absolute atomic E-state index is 13.8. The number of nitrogens with zero attached hydrogens (tertiary/aromatic N) is 2. The Kier molecular flexibility index (Phi) is 5.72. The number of hydrogen-bond donors (Lipinski definition) is 0. The third-order valence-corrected chi connectivity index (χ3v) is 5.85. The van der Waals surface area contributed by atoms with Crippen molar-refractivity contribution in [3.63, 3.8) is 0 Å². The van der Waals surface area contributed by atoms with Gasteiger partial charge in [0.15, 0.2) is 0 Å². The molecule has 4 heteroatoms. The molecule has 156 valence electrons. The average molecular weight is 411 g/mol. The standard InChI is InChI=1S/C27H26N2O2/c1-19-11-10-16-24(21(19)3)28-18-25(30)29(23-14-8-5-9-15-23)26(27(28)31)20(2)17-22-12-6-4-7-13-22/h4-17,26H,18H2,1-3H3/t26-/m1/s1. The van der Waals surface area contributed by atoms with Crippen LogP contribution in [-0.2, 0) is 9.59 Å². The van der Waals surface area contributed by atoms with Gasteiger partial charge in [-0.15, -0.1) is 0 Å². The predicted molar refractivity (Wildman–Crippen MR) is 126 cm³/mol. The minimum Gasteiger partial charge on any atom is -0.301 e. The van der Waals surface area contributed by atoms with Crippen molar-refractivity contribution in [3.8, 4) is 0 Å². The monoisotopic (exact) mass is 410 g/mol. The molecule has 0 aliphatic carbocycles. The van der Waals surface area contributed by atoms with Crippen LogP contribution < -0.4 is 9.80 Å². The van der Waals surface area contributed by atoms with E-state index < -0.39 is 6.04 Å². The van der Waals surface area contributed by atoms with Crippen molar-refractivity contribution in [2.24, 2.45) is 0 Å². The second kappa shape index (κ2) is 8.60. The molecule has 1 fully saturated rings. The lowest BCUT2D eigenvalue weighted by Gasteiger charge is -2.41. The van der Waals surface area contributed by atoms with Crippen molar-refractivity contribution in [2.45, 2.75) is 26.8 Å². The molecule has 1 atom stereocenters. The number of hydrogen-bond acceptors (Lipinski definition) is 2. The Balaban J connectivity index is 1.82. The minimum atomic E-state index is -0.705. The maximum Gasteiger partial charge on any atom is 0.254 e. The van der Waals surface area contributed by atoms with E-state index >= 15 is 0 Å². The van der Waals surface area contributed by atoms with Crippen LogP contribution in [0.4, 0.5) is 11.4 Å². The lowest BCUT2D eigenvalue weighted by Crippen LogP contribution is -2.61. The van der Waals surface area contributed by atoms with Gasteiger partial charge in [-0.1, -0.05) is 66.7 Å². The van der Waals surface area contributed by atoms with Gasteiger partial charge in [-0.2, -0.15) is 0 Å². The van der Waals surface area contributed by atoms with Crippen LogP contribution in [0.2, 0.25) is 0 Å². The molecule has 4 rings (SSSR count). The highest BCUT2D eigenvalue weighted by molar-refractivity contribution is 6.16. The summed E-state index contributed by atoms with van der Waals surface area (Å²) in [7, 11) is 0. The molecule has 1 aliphatic heterocycles. The molecule has 1 aliphatic rings. The number of carbonyl (C=O) groups excluding carboxylic acids is 2. The van der Waals surface area contributed by atoms with Gasteiger partial charge in [0.2, 0.25) is 5.91 Å². The smallest absolute Gasteiger partial charge is 0.254 e. The van der Waals surface area contributed by atoms with Gasteiger partial charge in [0.05, 0.1) is 0 Å². The van der Waals surface area contributed by atoms with Gasteiger partial charge in [0.25, 0.3) is 5.91 Å². The highest BCUT2D eigenvalue weighted by Crippen LogP contribution is 2.32. The topological polar surface area (TPSA) is 40.6 Å². The summed E-state index contributed by atoms with van der Waals surface area (Å²) in [6.45, 7) is 5.95. The van der Waals surface area contributed by atoms with Crippen molar-refractivity contribution in [1.82, 2.24) is 0 Å². The van der Waals surface area contributed by atoms with E-state index in [0.717, 1.165) is 33.6 Å². The third kappa shape index (κ3) is 4.02. The van der Waals surface area contributed by atoms with Gasteiger partial charge in [-0.25, -0.2) is 0 Å². The second-order valence-electron chi connectivity index (χ2n) is 7.94. The van der Waals surface area contributed by atoms with E-state index in [0.29, 0.717) is 0 Å². The Labute approximate surface area is 183 Å². The third-order valence-electron chi connectivity index (χ3n) is 5.85. The van der Waals surface area contributed by atoms with Gasteiger partial charge in [0.1, 0.15) is 12.6 Å². The van der Waals surface area contributed by atoms with E-state index in [2.05, 4.69) is 0 Å². The molecule has 1 heterocycles. The fraction of sp³-hybridized carbons (Fsp3) is 0.185. The minimum absolute atomic E-state index is 0.0210. The van der Waals surface area contributed by atoms with Gasteiger partial charge in [-0.05, 0) is 61.2 Å². The first-order chi connectivity index (χ1) is 15.0. The number of piperazine rings is 1. The molecule has 31 heavy (non-hydrogen) atoms. The highest BCUT2D eigenvalue weighted by atomic mass is 16.2. The number of rotatable bonds is 4. The molecule has 3 aromatic rings. The van der Waals surface area contributed by atoms with Gasteiger partial charge in [-0.3, -0.25) is 14.5 Å². The van der Waals surface area contributed by atoms with E-state index in [1.807, 2.05) is 106 Å². The van der Waals surface area contributed by atoms with Crippen LogP contribution in [0.25, 0.3) is 6.08 Å². The quantitative estimate of drug-likeness (QED) is 0.596. The summed E-state index contributed by atoms with van der Waals surface area (Å²) in [5.74, 6) is -0.195. The molecule has 0 bridgehead atoms. The fourth-order valence-electron chi connectivity index (χ4n) is 4.09. The second-order valence-corrected chi connectivity index (χ2v) is 7.94. The van der Waals surface area contributed by atoms with Crippen molar-refractivity contribution in [2.75, 3.05) is 16.3 Å². The van der Waals surface area contributed by atoms with Gasteiger partial charge >= 0.3 is 0 Å². The zero-order chi connectivity index (χ0) is 22.0.